The Morgan fingerprint density at radius 1 is 0.423 bits per heavy atom. The maximum Gasteiger partial charge on any atom is 0.417 e. The van der Waals surface area contributed by atoms with E-state index in [-0.39, 0.29) is 10.8 Å². The van der Waals surface area contributed by atoms with Gasteiger partial charge in [0.05, 0.1) is 11.1 Å². The van der Waals surface area contributed by atoms with Crippen LogP contribution in [0, 0.1) is 0 Å². The van der Waals surface area contributed by atoms with E-state index in [1.54, 1.807) is 0 Å². The first kappa shape index (κ1) is 16.7. The molecule has 132 valence electrons. The summed E-state index contributed by atoms with van der Waals surface area (Å²) in [5, 5.41) is 3.39. The molecule has 0 heterocycles. The highest BCUT2D eigenvalue weighted by Crippen LogP contribution is 2.42. The van der Waals surface area contributed by atoms with Crippen molar-refractivity contribution in [1.82, 2.24) is 0 Å². The highest BCUT2D eigenvalue weighted by atomic mass is 19.4. The molecule has 0 fully saturated rings. The Labute approximate surface area is 143 Å². The minimum atomic E-state index is -5.09. The van der Waals surface area contributed by atoms with Crippen LogP contribution < -0.4 is 0 Å². The molecule has 0 aliphatic rings. The summed E-state index contributed by atoms with van der Waals surface area (Å²) in [5.41, 5.74) is -3.34. The molecule has 4 aromatic rings. The van der Waals surface area contributed by atoms with Crippen LogP contribution in [0.2, 0.25) is 0 Å². The molecule has 26 heavy (non-hydrogen) atoms. The molecule has 0 saturated heterocycles. The third-order valence-electron chi connectivity index (χ3n) is 4.41. The normalized spacial score (nSPS) is 13.0. The molecule has 0 aliphatic carbocycles. The second kappa shape index (κ2) is 5.37. The first-order valence-electron chi connectivity index (χ1n) is 7.68. The number of rotatable bonds is 0. The van der Waals surface area contributed by atoms with Gasteiger partial charge in [0.15, 0.2) is 0 Å². The second-order valence-corrected chi connectivity index (χ2v) is 6.14. The lowest BCUT2D eigenvalue weighted by atomic mass is 9.96. The fourth-order valence-electron chi connectivity index (χ4n) is 3.21. The van der Waals surface area contributed by atoms with E-state index in [2.05, 4.69) is 0 Å². The van der Waals surface area contributed by atoms with Crippen LogP contribution >= 0.6 is 0 Å². The van der Waals surface area contributed by atoms with E-state index in [1.165, 1.54) is 12.1 Å². The van der Waals surface area contributed by atoms with Crippen LogP contribution in [0.4, 0.5) is 26.3 Å². The molecule has 0 nitrogen and oxygen atoms in total. The summed E-state index contributed by atoms with van der Waals surface area (Å²) in [6.07, 6.45) is -10.2. The van der Waals surface area contributed by atoms with Crippen molar-refractivity contribution in [3.05, 3.63) is 71.8 Å². The molecule has 0 atom stereocenters. The summed E-state index contributed by atoms with van der Waals surface area (Å²) in [7, 11) is 0. The molecule has 0 radical (unpaired) electrons. The molecule has 0 amide bonds. The van der Waals surface area contributed by atoms with Crippen molar-refractivity contribution in [3.8, 4) is 0 Å². The molecule has 6 heteroatoms. The van der Waals surface area contributed by atoms with Crippen molar-refractivity contribution in [1.29, 1.82) is 0 Å². The van der Waals surface area contributed by atoms with Gasteiger partial charge < -0.3 is 0 Å². The van der Waals surface area contributed by atoms with Gasteiger partial charge in [-0.05, 0) is 68.7 Å². The number of hydrogen-bond acceptors (Lipinski definition) is 0. The average molecular weight is 364 g/mol. The summed E-state index contributed by atoms with van der Waals surface area (Å²) in [6, 6.07) is 15.2. The molecular formula is C20H10F6. The highest BCUT2D eigenvalue weighted by Gasteiger charge is 2.43. The van der Waals surface area contributed by atoms with Gasteiger partial charge in [-0.1, -0.05) is 24.3 Å². The molecule has 4 aromatic carbocycles. The first-order chi connectivity index (χ1) is 12.1. The van der Waals surface area contributed by atoms with E-state index in [9.17, 15) is 26.3 Å². The largest absolute Gasteiger partial charge is 0.417 e. The summed E-state index contributed by atoms with van der Waals surface area (Å²) >= 11 is 0. The van der Waals surface area contributed by atoms with Crippen molar-refractivity contribution in [2.45, 2.75) is 12.4 Å². The molecule has 0 aliphatic heterocycles. The lowest BCUT2D eigenvalue weighted by Gasteiger charge is -2.17. The predicted molar refractivity (Wildman–Crippen MR) is 89.0 cm³/mol. The maximum atomic E-state index is 13.1. The topological polar surface area (TPSA) is 0 Å². The fraction of sp³-hybridized carbons (Fsp3) is 0.100. The Balaban J connectivity index is 2.08. The fourth-order valence-corrected chi connectivity index (χ4v) is 3.21. The SMILES string of the molecule is FC(F)(F)c1cc2cc3cc4ccccc4cc3cc2cc1C(F)(F)F. The van der Waals surface area contributed by atoms with Gasteiger partial charge in [0.2, 0.25) is 0 Å². The Hall–Kier alpha value is -2.76. The molecule has 4 rings (SSSR count). The zero-order valence-electron chi connectivity index (χ0n) is 13.0. The highest BCUT2D eigenvalue weighted by molar-refractivity contribution is 6.05. The maximum absolute atomic E-state index is 13.1. The number of benzene rings is 4. The third-order valence-corrected chi connectivity index (χ3v) is 4.41. The minimum absolute atomic E-state index is 0.119. The first-order valence-corrected chi connectivity index (χ1v) is 7.68. The van der Waals surface area contributed by atoms with Crippen LogP contribution in [0.3, 0.4) is 0 Å². The molecule has 0 saturated carbocycles. The van der Waals surface area contributed by atoms with Gasteiger partial charge in [-0.15, -0.1) is 0 Å². The van der Waals surface area contributed by atoms with Crippen LogP contribution in [0.25, 0.3) is 32.3 Å². The molecule has 0 spiro atoms. The van der Waals surface area contributed by atoms with Crippen LogP contribution in [0.5, 0.6) is 0 Å². The minimum Gasteiger partial charge on any atom is -0.166 e. The van der Waals surface area contributed by atoms with Crippen LogP contribution in [0.15, 0.2) is 60.7 Å². The number of hydrogen-bond donors (Lipinski definition) is 0. The Kier molecular flexibility index (Phi) is 3.45. The average Bonchev–Trinajstić information content (AvgIpc) is 2.55. The lowest BCUT2D eigenvalue weighted by Crippen LogP contribution is -2.16. The smallest absolute Gasteiger partial charge is 0.166 e. The number of halogens is 6. The molecule has 0 unspecified atom stereocenters. The van der Waals surface area contributed by atoms with Gasteiger partial charge in [-0.3, -0.25) is 0 Å². The molecule has 0 bridgehead atoms. The van der Waals surface area contributed by atoms with Crippen LogP contribution in [-0.4, -0.2) is 0 Å². The second-order valence-electron chi connectivity index (χ2n) is 6.14. The van der Waals surface area contributed by atoms with Gasteiger partial charge in [-0.25, -0.2) is 0 Å². The summed E-state index contributed by atoms with van der Waals surface area (Å²) in [4.78, 5) is 0. The van der Waals surface area contributed by atoms with E-state index in [0.717, 1.165) is 10.8 Å². The van der Waals surface area contributed by atoms with Crippen molar-refractivity contribution in [2.24, 2.45) is 0 Å². The van der Waals surface area contributed by atoms with E-state index in [1.807, 2.05) is 36.4 Å². The zero-order chi connectivity index (χ0) is 18.7. The summed E-state index contributed by atoms with van der Waals surface area (Å²) in [5.74, 6) is 0. The quantitative estimate of drug-likeness (QED) is 0.229. The predicted octanol–water partition coefficient (Wildman–Crippen LogP) is 7.18. The number of alkyl halides is 6. The van der Waals surface area contributed by atoms with Crippen molar-refractivity contribution in [3.63, 3.8) is 0 Å². The number of fused-ring (bicyclic) bond motifs is 3. The Morgan fingerprint density at radius 3 is 1.08 bits per heavy atom. The standard InChI is InChI=1S/C20H10F6/c21-19(22,23)17-9-15-7-13-5-11-3-1-2-4-12(11)6-14(13)8-16(15)10-18(17)20(24,25)26/h1-10H. The Morgan fingerprint density at radius 2 is 0.731 bits per heavy atom. The van der Waals surface area contributed by atoms with E-state index in [0.29, 0.717) is 22.9 Å². The van der Waals surface area contributed by atoms with E-state index < -0.39 is 23.5 Å². The van der Waals surface area contributed by atoms with Gasteiger partial charge >= 0.3 is 12.4 Å². The van der Waals surface area contributed by atoms with Crippen molar-refractivity contribution in [2.75, 3.05) is 0 Å². The molecular weight excluding hydrogens is 354 g/mol. The van der Waals surface area contributed by atoms with Gasteiger partial charge in [0, 0.05) is 0 Å². The lowest BCUT2D eigenvalue weighted by molar-refractivity contribution is -0.161. The van der Waals surface area contributed by atoms with Crippen LogP contribution in [0.1, 0.15) is 11.1 Å². The van der Waals surface area contributed by atoms with E-state index in [4.69, 9.17) is 0 Å². The van der Waals surface area contributed by atoms with Crippen LogP contribution in [-0.2, 0) is 12.4 Å². The van der Waals surface area contributed by atoms with Gasteiger partial charge in [0.1, 0.15) is 0 Å². The van der Waals surface area contributed by atoms with Crippen molar-refractivity contribution < 1.29 is 26.3 Å². The van der Waals surface area contributed by atoms with Gasteiger partial charge in [-0.2, -0.15) is 26.3 Å². The molecule has 0 N–H and O–H groups in total. The zero-order valence-corrected chi connectivity index (χ0v) is 13.0. The monoisotopic (exact) mass is 364 g/mol. The van der Waals surface area contributed by atoms with Gasteiger partial charge in [0.25, 0.3) is 0 Å². The summed E-state index contributed by atoms with van der Waals surface area (Å²) in [6.45, 7) is 0. The third kappa shape index (κ3) is 2.75. The summed E-state index contributed by atoms with van der Waals surface area (Å²) < 4.78 is 78.8. The molecule has 0 aromatic heterocycles. The Bertz CT molecular complexity index is 1060. The van der Waals surface area contributed by atoms with E-state index >= 15 is 0 Å². The van der Waals surface area contributed by atoms with Crippen molar-refractivity contribution >= 4 is 32.3 Å².